The third-order valence-electron chi connectivity index (χ3n) is 2.20. The molecule has 0 aromatic heterocycles. The number of likely N-dealkylation sites (tertiary alicyclic amines) is 1. The van der Waals surface area contributed by atoms with Gasteiger partial charge in [0, 0.05) is 6.54 Å². The monoisotopic (exact) mass is 200 g/mol. The highest BCUT2D eigenvalue weighted by Gasteiger charge is 2.36. The van der Waals surface area contributed by atoms with Gasteiger partial charge in [-0.15, -0.1) is 0 Å². The van der Waals surface area contributed by atoms with Crippen LogP contribution in [0.15, 0.2) is 0 Å². The normalized spacial score (nSPS) is 20.6. The van der Waals surface area contributed by atoms with Crippen molar-refractivity contribution in [2.24, 2.45) is 5.73 Å². The van der Waals surface area contributed by atoms with Gasteiger partial charge >= 0.3 is 11.9 Å². The average Bonchev–Trinajstić information content (AvgIpc) is 2.63. The van der Waals surface area contributed by atoms with Crippen molar-refractivity contribution in [2.45, 2.75) is 18.9 Å². The molecule has 0 spiro atoms. The first-order valence-corrected chi connectivity index (χ1v) is 4.26. The minimum absolute atomic E-state index is 0.377. The van der Waals surface area contributed by atoms with Crippen LogP contribution in [-0.2, 0) is 19.1 Å². The van der Waals surface area contributed by atoms with Gasteiger partial charge in [-0.05, 0) is 12.8 Å². The molecule has 14 heavy (non-hydrogen) atoms. The smallest absolute Gasteiger partial charge is 0.396 e. The fourth-order valence-electron chi connectivity index (χ4n) is 1.51. The van der Waals surface area contributed by atoms with E-state index in [1.807, 2.05) is 0 Å². The van der Waals surface area contributed by atoms with Crippen LogP contribution in [0.5, 0.6) is 0 Å². The number of carbonyl (C=O) groups is 3. The van der Waals surface area contributed by atoms with Crippen LogP contribution in [0.3, 0.4) is 0 Å². The Morgan fingerprint density at radius 2 is 2.07 bits per heavy atom. The SMILES string of the molecule is COC(=O)C(=O)N1CCCC1C(N)=O. The molecule has 1 rings (SSSR count). The maximum Gasteiger partial charge on any atom is 0.396 e. The Hall–Kier alpha value is -1.59. The predicted octanol–water partition coefficient (Wildman–Crippen LogP) is -1.36. The van der Waals surface area contributed by atoms with Crippen LogP contribution in [0.2, 0.25) is 0 Å². The summed E-state index contributed by atoms with van der Waals surface area (Å²) in [6, 6.07) is -0.665. The lowest BCUT2D eigenvalue weighted by Gasteiger charge is -2.20. The summed E-state index contributed by atoms with van der Waals surface area (Å²) in [5, 5.41) is 0. The second kappa shape index (κ2) is 4.08. The van der Waals surface area contributed by atoms with Gasteiger partial charge in [-0.25, -0.2) is 4.79 Å². The average molecular weight is 200 g/mol. The molecular weight excluding hydrogens is 188 g/mol. The zero-order valence-corrected chi connectivity index (χ0v) is 7.86. The molecule has 2 N–H and O–H groups in total. The summed E-state index contributed by atoms with van der Waals surface area (Å²) < 4.78 is 4.27. The van der Waals surface area contributed by atoms with Gasteiger partial charge in [-0.1, -0.05) is 0 Å². The predicted molar refractivity (Wildman–Crippen MR) is 45.9 cm³/mol. The first-order valence-electron chi connectivity index (χ1n) is 4.26. The Labute approximate surface area is 81.0 Å². The lowest BCUT2D eigenvalue weighted by atomic mass is 10.2. The van der Waals surface area contributed by atoms with Crippen molar-refractivity contribution in [3.05, 3.63) is 0 Å². The van der Waals surface area contributed by atoms with Crippen LogP contribution >= 0.6 is 0 Å². The highest BCUT2D eigenvalue weighted by molar-refractivity contribution is 6.32. The summed E-state index contributed by atoms with van der Waals surface area (Å²) in [6.07, 6.45) is 1.19. The van der Waals surface area contributed by atoms with Gasteiger partial charge in [-0.3, -0.25) is 9.59 Å². The molecular formula is C8H12N2O4. The van der Waals surface area contributed by atoms with E-state index in [2.05, 4.69) is 4.74 Å². The van der Waals surface area contributed by atoms with E-state index in [9.17, 15) is 14.4 Å². The third-order valence-corrected chi connectivity index (χ3v) is 2.20. The standard InChI is InChI=1S/C8H12N2O4/c1-14-8(13)7(12)10-4-2-3-5(10)6(9)11/h5H,2-4H2,1H3,(H2,9,11). The summed E-state index contributed by atoms with van der Waals surface area (Å²) in [4.78, 5) is 34.3. The van der Waals surface area contributed by atoms with Crippen LogP contribution in [0, 0.1) is 0 Å². The Bertz CT molecular complexity index is 277. The van der Waals surface area contributed by atoms with Crippen LogP contribution in [-0.4, -0.2) is 42.4 Å². The minimum Gasteiger partial charge on any atom is -0.462 e. The molecule has 0 aliphatic carbocycles. The second-order valence-electron chi connectivity index (χ2n) is 3.05. The summed E-state index contributed by atoms with van der Waals surface area (Å²) in [5.41, 5.74) is 5.08. The van der Waals surface area contributed by atoms with E-state index in [-0.39, 0.29) is 0 Å². The van der Waals surface area contributed by atoms with E-state index in [1.54, 1.807) is 0 Å². The zero-order chi connectivity index (χ0) is 10.7. The van der Waals surface area contributed by atoms with Gasteiger partial charge in [0.15, 0.2) is 0 Å². The number of methoxy groups -OCH3 is 1. The molecule has 2 amide bonds. The van der Waals surface area contributed by atoms with Crippen molar-refractivity contribution in [1.29, 1.82) is 0 Å². The van der Waals surface area contributed by atoms with Crippen LogP contribution in [0.25, 0.3) is 0 Å². The van der Waals surface area contributed by atoms with Gasteiger partial charge in [-0.2, -0.15) is 0 Å². The number of hydrogen-bond donors (Lipinski definition) is 1. The third kappa shape index (κ3) is 1.84. The molecule has 78 valence electrons. The number of rotatable bonds is 1. The van der Waals surface area contributed by atoms with Crippen molar-refractivity contribution >= 4 is 17.8 Å². The lowest BCUT2D eigenvalue weighted by Crippen LogP contribution is -2.46. The van der Waals surface area contributed by atoms with Crippen molar-refractivity contribution in [1.82, 2.24) is 4.90 Å². The number of carbonyl (C=O) groups excluding carboxylic acids is 3. The number of hydrogen-bond acceptors (Lipinski definition) is 4. The maximum absolute atomic E-state index is 11.3. The number of amides is 2. The second-order valence-corrected chi connectivity index (χ2v) is 3.05. The van der Waals surface area contributed by atoms with Gasteiger partial charge in [0.25, 0.3) is 0 Å². The molecule has 0 bridgehead atoms. The number of ether oxygens (including phenoxy) is 1. The number of primary amides is 1. The summed E-state index contributed by atoms with van der Waals surface area (Å²) in [5.74, 6) is -2.34. The van der Waals surface area contributed by atoms with Crippen molar-refractivity contribution < 1.29 is 19.1 Å². The number of nitrogens with zero attached hydrogens (tertiary/aromatic N) is 1. The fourth-order valence-corrected chi connectivity index (χ4v) is 1.51. The van der Waals surface area contributed by atoms with Gasteiger partial charge in [0.1, 0.15) is 6.04 Å². The van der Waals surface area contributed by atoms with E-state index < -0.39 is 23.8 Å². The van der Waals surface area contributed by atoms with Crippen molar-refractivity contribution in [2.75, 3.05) is 13.7 Å². The van der Waals surface area contributed by atoms with E-state index >= 15 is 0 Å². The van der Waals surface area contributed by atoms with E-state index in [0.717, 1.165) is 12.0 Å². The summed E-state index contributed by atoms with van der Waals surface area (Å²) >= 11 is 0. The van der Waals surface area contributed by atoms with Gasteiger partial charge < -0.3 is 15.4 Å². The molecule has 0 aromatic rings. The molecule has 0 aromatic carbocycles. The number of esters is 1. The Balaban J connectivity index is 2.72. The molecule has 1 unspecified atom stereocenters. The first kappa shape index (κ1) is 10.5. The van der Waals surface area contributed by atoms with E-state index in [1.165, 1.54) is 0 Å². The topological polar surface area (TPSA) is 89.7 Å². The van der Waals surface area contributed by atoms with E-state index in [0.29, 0.717) is 19.4 Å². The van der Waals surface area contributed by atoms with Gasteiger partial charge in [0.05, 0.1) is 7.11 Å². The Morgan fingerprint density at radius 3 is 2.57 bits per heavy atom. The van der Waals surface area contributed by atoms with Gasteiger partial charge in [0.2, 0.25) is 5.91 Å². The quantitative estimate of drug-likeness (QED) is 0.418. The fraction of sp³-hybridized carbons (Fsp3) is 0.625. The largest absolute Gasteiger partial charge is 0.462 e. The molecule has 0 saturated carbocycles. The Kier molecular flexibility index (Phi) is 3.06. The molecule has 1 saturated heterocycles. The van der Waals surface area contributed by atoms with Crippen LogP contribution < -0.4 is 5.73 Å². The molecule has 6 heteroatoms. The number of nitrogens with two attached hydrogens (primary N) is 1. The lowest BCUT2D eigenvalue weighted by molar-refractivity contribution is -0.159. The molecule has 1 aliphatic heterocycles. The van der Waals surface area contributed by atoms with Crippen LogP contribution in [0.1, 0.15) is 12.8 Å². The molecule has 6 nitrogen and oxygen atoms in total. The summed E-state index contributed by atoms with van der Waals surface area (Å²) in [7, 11) is 1.12. The zero-order valence-electron chi connectivity index (χ0n) is 7.86. The highest BCUT2D eigenvalue weighted by Crippen LogP contribution is 2.16. The first-order chi connectivity index (χ1) is 6.57. The minimum atomic E-state index is -0.960. The molecule has 1 fully saturated rings. The highest BCUT2D eigenvalue weighted by atomic mass is 16.5. The van der Waals surface area contributed by atoms with E-state index in [4.69, 9.17) is 5.73 Å². The Morgan fingerprint density at radius 1 is 1.43 bits per heavy atom. The molecule has 1 heterocycles. The molecule has 0 radical (unpaired) electrons. The molecule has 1 aliphatic rings. The summed E-state index contributed by atoms with van der Waals surface area (Å²) in [6.45, 7) is 0.377. The van der Waals surface area contributed by atoms with Crippen molar-refractivity contribution in [3.8, 4) is 0 Å². The maximum atomic E-state index is 11.3. The molecule has 1 atom stereocenters. The van der Waals surface area contributed by atoms with Crippen LogP contribution in [0.4, 0.5) is 0 Å². The van der Waals surface area contributed by atoms with Crippen molar-refractivity contribution in [3.63, 3.8) is 0 Å².